The number of carboxylic acid groups (broad SMARTS) is 1. The molecule has 2 unspecified atom stereocenters. The first-order valence-corrected chi connectivity index (χ1v) is 5.53. The molecule has 19 heavy (non-hydrogen) atoms. The molecule has 0 saturated carbocycles. The normalized spacial score (nSPS) is 13.5. The van der Waals surface area contributed by atoms with Crippen molar-refractivity contribution in [1.29, 1.82) is 0 Å². The monoisotopic (exact) mass is 270 g/mol. The number of benzene rings is 1. The predicted octanol–water partition coefficient (Wildman–Crippen LogP) is 0.805. The fourth-order valence-electron chi connectivity index (χ4n) is 1.40. The Balaban J connectivity index is 2.77. The Morgan fingerprint density at radius 3 is 2.26 bits per heavy atom. The number of halogens is 1. The van der Waals surface area contributed by atoms with E-state index in [1.807, 2.05) is 0 Å². The number of anilines is 1. The van der Waals surface area contributed by atoms with Gasteiger partial charge in [-0.25, -0.2) is 14.0 Å². The number of hydrogen-bond acceptors (Lipinski definition) is 3. The van der Waals surface area contributed by atoms with E-state index >= 15 is 0 Å². The Bertz CT molecular complexity index is 461. The Kier molecular flexibility index (Phi) is 4.82. The van der Waals surface area contributed by atoms with Gasteiger partial charge in [-0.05, 0) is 31.2 Å². The van der Waals surface area contributed by atoms with Crippen LogP contribution in [0.2, 0.25) is 0 Å². The molecule has 2 atom stereocenters. The number of amides is 2. The van der Waals surface area contributed by atoms with Crippen LogP contribution in [0, 0.1) is 5.82 Å². The number of carboxylic acids is 1. The molecule has 0 aliphatic carbocycles. The van der Waals surface area contributed by atoms with Crippen LogP contribution in [-0.2, 0) is 4.79 Å². The molecular formula is C12H15FN2O4. The van der Waals surface area contributed by atoms with Gasteiger partial charge in [0.05, 0.1) is 6.10 Å². The molecule has 1 aromatic carbocycles. The molecule has 0 aliphatic heterocycles. The summed E-state index contributed by atoms with van der Waals surface area (Å²) in [7, 11) is 1.41. The van der Waals surface area contributed by atoms with E-state index in [2.05, 4.69) is 5.32 Å². The third kappa shape index (κ3) is 3.92. The molecule has 3 N–H and O–H groups in total. The van der Waals surface area contributed by atoms with Crippen LogP contribution in [0.4, 0.5) is 14.9 Å². The van der Waals surface area contributed by atoms with E-state index in [9.17, 15) is 19.1 Å². The molecule has 7 heteroatoms. The van der Waals surface area contributed by atoms with Crippen LogP contribution in [0.15, 0.2) is 24.3 Å². The summed E-state index contributed by atoms with van der Waals surface area (Å²) in [6.45, 7) is 1.26. The minimum Gasteiger partial charge on any atom is -0.480 e. The highest BCUT2D eigenvalue weighted by Crippen LogP contribution is 2.13. The van der Waals surface area contributed by atoms with Crippen molar-refractivity contribution in [2.45, 2.75) is 19.1 Å². The number of aliphatic hydroxyl groups excluding tert-OH is 1. The van der Waals surface area contributed by atoms with Gasteiger partial charge in [0.15, 0.2) is 6.04 Å². The number of rotatable bonds is 4. The zero-order valence-corrected chi connectivity index (χ0v) is 10.5. The van der Waals surface area contributed by atoms with Crippen LogP contribution in [-0.4, -0.2) is 41.4 Å². The second kappa shape index (κ2) is 6.14. The highest BCUT2D eigenvalue weighted by Gasteiger charge is 2.26. The molecular weight excluding hydrogens is 255 g/mol. The number of aliphatic carboxylic acids is 1. The Hall–Kier alpha value is -2.15. The molecule has 1 aromatic rings. The van der Waals surface area contributed by atoms with Gasteiger partial charge in [0.1, 0.15) is 5.82 Å². The lowest BCUT2D eigenvalue weighted by Crippen LogP contribution is -2.51. The van der Waals surface area contributed by atoms with E-state index in [0.717, 1.165) is 4.90 Å². The van der Waals surface area contributed by atoms with Gasteiger partial charge >= 0.3 is 12.0 Å². The molecule has 104 valence electrons. The molecule has 0 saturated heterocycles. The van der Waals surface area contributed by atoms with Gasteiger partial charge in [0.25, 0.3) is 0 Å². The first kappa shape index (κ1) is 14.9. The zero-order chi connectivity index (χ0) is 14.6. The lowest BCUT2D eigenvalue weighted by molar-refractivity contribution is -0.141. The van der Waals surface area contributed by atoms with Gasteiger partial charge in [0, 0.05) is 12.7 Å². The molecule has 0 aliphatic rings. The minimum absolute atomic E-state index is 0.397. The summed E-state index contributed by atoms with van der Waals surface area (Å²) in [5.74, 6) is -1.78. The van der Waals surface area contributed by atoms with Gasteiger partial charge in [-0.2, -0.15) is 0 Å². The lowest BCUT2D eigenvalue weighted by atomic mass is 10.2. The number of hydrogen-bond donors (Lipinski definition) is 3. The molecule has 0 heterocycles. The first-order chi connectivity index (χ1) is 8.82. The van der Waals surface area contributed by atoms with E-state index in [4.69, 9.17) is 5.11 Å². The van der Waals surface area contributed by atoms with Crippen molar-refractivity contribution < 1.29 is 24.2 Å². The number of aliphatic hydroxyl groups is 1. The summed E-state index contributed by atoms with van der Waals surface area (Å²) in [6, 6.07) is 3.01. The van der Waals surface area contributed by atoms with Crippen molar-refractivity contribution in [2.75, 3.05) is 11.9 Å². The van der Waals surface area contributed by atoms with E-state index in [1.54, 1.807) is 0 Å². The fraction of sp³-hybridized carbons (Fsp3) is 0.333. The summed E-state index contributed by atoms with van der Waals surface area (Å²) in [4.78, 5) is 23.8. The smallest absolute Gasteiger partial charge is 0.328 e. The third-order valence-electron chi connectivity index (χ3n) is 2.55. The van der Waals surface area contributed by atoms with Crippen molar-refractivity contribution in [1.82, 2.24) is 5.32 Å². The summed E-state index contributed by atoms with van der Waals surface area (Å²) >= 11 is 0. The Labute approximate surface area is 109 Å². The van der Waals surface area contributed by atoms with E-state index in [1.165, 1.54) is 38.2 Å². The maximum absolute atomic E-state index is 12.7. The van der Waals surface area contributed by atoms with Crippen molar-refractivity contribution in [2.24, 2.45) is 0 Å². The topological polar surface area (TPSA) is 89.9 Å². The van der Waals surface area contributed by atoms with Crippen LogP contribution in [0.25, 0.3) is 0 Å². The lowest BCUT2D eigenvalue weighted by Gasteiger charge is -2.22. The van der Waals surface area contributed by atoms with Crippen molar-refractivity contribution >= 4 is 17.7 Å². The summed E-state index contributed by atoms with van der Waals surface area (Å²) in [6.07, 6.45) is -1.23. The van der Waals surface area contributed by atoms with Crippen molar-refractivity contribution in [3.05, 3.63) is 30.1 Å². The largest absolute Gasteiger partial charge is 0.480 e. The summed E-state index contributed by atoms with van der Waals surface area (Å²) in [5.41, 5.74) is 0.397. The third-order valence-corrected chi connectivity index (χ3v) is 2.55. The van der Waals surface area contributed by atoms with Gasteiger partial charge in [-0.15, -0.1) is 0 Å². The number of nitrogens with zero attached hydrogens (tertiary/aromatic N) is 1. The predicted molar refractivity (Wildman–Crippen MR) is 66.4 cm³/mol. The average molecular weight is 270 g/mol. The molecule has 0 bridgehead atoms. The van der Waals surface area contributed by atoms with Gasteiger partial charge in [-0.1, -0.05) is 0 Å². The number of carbonyl (C=O) groups is 2. The molecule has 1 rings (SSSR count). The SMILES string of the molecule is CC(O)C(NC(=O)N(C)c1ccc(F)cc1)C(=O)O. The number of urea groups is 1. The molecule has 6 nitrogen and oxygen atoms in total. The highest BCUT2D eigenvalue weighted by atomic mass is 19.1. The first-order valence-electron chi connectivity index (χ1n) is 5.53. The Morgan fingerprint density at radius 2 is 1.84 bits per heavy atom. The fourth-order valence-corrected chi connectivity index (χ4v) is 1.40. The van der Waals surface area contributed by atoms with E-state index in [-0.39, 0.29) is 0 Å². The number of nitrogens with one attached hydrogen (secondary N) is 1. The maximum atomic E-state index is 12.7. The standard InChI is InChI=1S/C12H15FN2O4/c1-7(16)10(11(17)18)14-12(19)15(2)9-5-3-8(13)4-6-9/h3-7,10,16H,1-2H3,(H,14,19)(H,17,18). The average Bonchev–Trinajstić information content (AvgIpc) is 2.34. The quantitative estimate of drug-likeness (QED) is 0.755. The van der Waals surface area contributed by atoms with Gasteiger partial charge in [-0.3, -0.25) is 4.90 Å². The van der Waals surface area contributed by atoms with Crippen LogP contribution >= 0.6 is 0 Å². The molecule has 0 radical (unpaired) electrons. The van der Waals surface area contributed by atoms with Gasteiger partial charge in [0.2, 0.25) is 0 Å². The van der Waals surface area contributed by atoms with Crippen molar-refractivity contribution in [3.8, 4) is 0 Å². The molecule has 0 fully saturated rings. The maximum Gasteiger partial charge on any atom is 0.328 e. The van der Waals surface area contributed by atoms with Crippen LogP contribution in [0.5, 0.6) is 0 Å². The second-order valence-electron chi connectivity index (χ2n) is 4.04. The number of carbonyl (C=O) groups excluding carboxylic acids is 1. The zero-order valence-electron chi connectivity index (χ0n) is 10.5. The second-order valence-corrected chi connectivity index (χ2v) is 4.04. The minimum atomic E-state index is -1.41. The van der Waals surface area contributed by atoms with E-state index in [0.29, 0.717) is 5.69 Å². The highest BCUT2D eigenvalue weighted by molar-refractivity contribution is 5.94. The summed E-state index contributed by atoms with van der Waals surface area (Å²) < 4.78 is 12.7. The van der Waals surface area contributed by atoms with Crippen molar-refractivity contribution in [3.63, 3.8) is 0 Å². The molecule has 2 amide bonds. The van der Waals surface area contributed by atoms with Crippen LogP contribution in [0.1, 0.15) is 6.92 Å². The van der Waals surface area contributed by atoms with Crippen LogP contribution < -0.4 is 10.2 Å². The molecule has 0 aromatic heterocycles. The van der Waals surface area contributed by atoms with Crippen LogP contribution in [0.3, 0.4) is 0 Å². The summed E-state index contributed by atoms with van der Waals surface area (Å²) in [5, 5.41) is 20.3. The molecule has 0 spiro atoms. The Morgan fingerprint density at radius 1 is 1.32 bits per heavy atom. The van der Waals surface area contributed by atoms with Gasteiger partial charge < -0.3 is 15.5 Å². The van der Waals surface area contributed by atoms with E-state index < -0.39 is 30.0 Å².